The summed E-state index contributed by atoms with van der Waals surface area (Å²) in [6.07, 6.45) is 0. The largest absolute Gasteiger partial charge is 0.378 e. The summed E-state index contributed by atoms with van der Waals surface area (Å²) >= 11 is 0. The average molecular weight is 110 g/mol. The highest BCUT2D eigenvalue weighted by atomic mass is 19.3. The standard InChI is InChI=1S/C4H8F2O/c1-4(5,6)3-7-2/h3H2,1-2H3. The van der Waals surface area contributed by atoms with E-state index in [0.29, 0.717) is 0 Å². The third kappa shape index (κ3) is 5.82. The highest BCUT2D eigenvalue weighted by Gasteiger charge is 2.19. The van der Waals surface area contributed by atoms with Crippen molar-refractivity contribution < 1.29 is 13.5 Å². The quantitative estimate of drug-likeness (QED) is 0.520. The second-order valence-electron chi connectivity index (χ2n) is 1.50. The molecule has 0 bridgehead atoms. The first-order valence-corrected chi connectivity index (χ1v) is 1.93. The third-order valence-electron chi connectivity index (χ3n) is 0.398. The Hall–Kier alpha value is -0.180. The number of hydrogen-bond acceptors (Lipinski definition) is 1. The van der Waals surface area contributed by atoms with E-state index < -0.39 is 12.5 Å². The van der Waals surface area contributed by atoms with E-state index in [1.54, 1.807) is 0 Å². The summed E-state index contributed by atoms with van der Waals surface area (Å²) in [4.78, 5) is 0. The topological polar surface area (TPSA) is 9.23 Å². The lowest BCUT2D eigenvalue weighted by Gasteiger charge is -2.05. The smallest absolute Gasteiger partial charge is 0.268 e. The highest BCUT2D eigenvalue weighted by molar-refractivity contribution is 4.52. The lowest BCUT2D eigenvalue weighted by Crippen LogP contribution is -2.16. The number of methoxy groups -OCH3 is 1. The van der Waals surface area contributed by atoms with Crippen LogP contribution in [0.15, 0.2) is 0 Å². The fraction of sp³-hybridized carbons (Fsp3) is 1.00. The summed E-state index contributed by atoms with van der Waals surface area (Å²) < 4.78 is 27.4. The van der Waals surface area contributed by atoms with Gasteiger partial charge in [0, 0.05) is 14.0 Å². The predicted molar refractivity (Wildman–Crippen MR) is 22.5 cm³/mol. The second kappa shape index (κ2) is 2.21. The SMILES string of the molecule is COCC(C)(F)F. The zero-order valence-corrected chi connectivity index (χ0v) is 4.37. The van der Waals surface area contributed by atoms with E-state index in [4.69, 9.17) is 0 Å². The first-order valence-electron chi connectivity index (χ1n) is 1.93. The molecule has 44 valence electrons. The summed E-state index contributed by atoms with van der Waals surface area (Å²) in [6.45, 7) is 0.323. The lowest BCUT2D eigenvalue weighted by atomic mass is 10.4. The molecule has 0 spiro atoms. The van der Waals surface area contributed by atoms with Crippen molar-refractivity contribution in [3.05, 3.63) is 0 Å². The van der Waals surface area contributed by atoms with Crippen LogP contribution in [0.2, 0.25) is 0 Å². The van der Waals surface area contributed by atoms with Crippen LogP contribution in [0.1, 0.15) is 6.92 Å². The fourth-order valence-corrected chi connectivity index (χ4v) is 0.253. The summed E-state index contributed by atoms with van der Waals surface area (Å²) in [6, 6.07) is 0. The van der Waals surface area contributed by atoms with Crippen LogP contribution in [0.25, 0.3) is 0 Å². The van der Waals surface area contributed by atoms with Crippen molar-refractivity contribution >= 4 is 0 Å². The number of alkyl halides is 2. The third-order valence-corrected chi connectivity index (χ3v) is 0.398. The first-order chi connectivity index (χ1) is 3.06. The van der Waals surface area contributed by atoms with Crippen LogP contribution in [0.5, 0.6) is 0 Å². The van der Waals surface area contributed by atoms with Gasteiger partial charge in [-0.3, -0.25) is 0 Å². The van der Waals surface area contributed by atoms with Crippen LogP contribution >= 0.6 is 0 Å². The Morgan fingerprint density at radius 1 is 1.57 bits per heavy atom. The Morgan fingerprint density at radius 3 is 2.00 bits per heavy atom. The molecule has 3 heteroatoms. The van der Waals surface area contributed by atoms with Crippen LogP contribution in [0, 0.1) is 0 Å². The number of rotatable bonds is 2. The van der Waals surface area contributed by atoms with Gasteiger partial charge in [-0.25, -0.2) is 8.78 Å². The van der Waals surface area contributed by atoms with Crippen molar-refractivity contribution in [2.24, 2.45) is 0 Å². The molecule has 0 saturated heterocycles. The Balaban J connectivity index is 3.15. The molecule has 0 fully saturated rings. The van der Waals surface area contributed by atoms with E-state index in [0.717, 1.165) is 6.92 Å². The van der Waals surface area contributed by atoms with Crippen molar-refractivity contribution in [3.63, 3.8) is 0 Å². The fourth-order valence-electron chi connectivity index (χ4n) is 0.253. The van der Waals surface area contributed by atoms with Crippen LogP contribution in [-0.4, -0.2) is 19.6 Å². The van der Waals surface area contributed by atoms with Gasteiger partial charge in [0.05, 0.1) is 0 Å². The Bertz CT molecular complexity index is 48.1. The average Bonchev–Trinajstić information content (AvgIpc) is 1.30. The number of halogens is 2. The van der Waals surface area contributed by atoms with Crippen LogP contribution in [-0.2, 0) is 4.74 Å². The van der Waals surface area contributed by atoms with Gasteiger partial charge in [0.25, 0.3) is 5.92 Å². The van der Waals surface area contributed by atoms with Gasteiger partial charge in [-0.2, -0.15) is 0 Å². The van der Waals surface area contributed by atoms with Crippen molar-refractivity contribution in [2.75, 3.05) is 13.7 Å². The lowest BCUT2D eigenvalue weighted by molar-refractivity contribution is -0.0479. The zero-order valence-electron chi connectivity index (χ0n) is 4.37. The van der Waals surface area contributed by atoms with Gasteiger partial charge >= 0.3 is 0 Å². The molecule has 0 radical (unpaired) electrons. The molecule has 0 aliphatic heterocycles. The van der Waals surface area contributed by atoms with Crippen molar-refractivity contribution in [3.8, 4) is 0 Å². The Labute approximate surface area is 41.3 Å². The zero-order chi connectivity index (χ0) is 5.91. The van der Waals surface area contributed by atoms with Gasteiger partial charge in [-0.05, 0) is 0 Å². The highest BCUT2D eigenvalue weighted by Crippen LogP contribution is 2.09. The molecule has 0 saturated carbocycles. The van der Waals surface area contributed by atoms with E-state index in [2.05, 4.69) is 4.74 Å². The molecular formula is C4H8F2O. The van der Waals surface area contributed by atoms with E-state index >= 15 is 0 Å². The molecule has 0 atom stereocenters. The van der Waals surface area contributed by atoms with Gasteiger partial charge in [0.15, 0.2) is 0 Å². The van der Waals surface area contributed by atoms with Crippen LogP contribution < -0.4 is 0 Å². The van der Waals surface area contributed by atoms with Gasteiger partial charge in [0.1, 0.15) is 6.61 Å². The van der Waals surface area contributed by atoms with Gasteiger partial charge in [-0.1, -0.05) is 0 Å². The van der Waals surface area contributed by atoms with E-state index in [1.165, 1.54) is 7.11 Å². The maximum absolute atomic E-state index is 11.6. The molecular weight excluding hydrogens is 102 g/mol. The second-order valence-corrected chi connectivity index (χ2v) is 1.50. The van der Waals surface area contributed by atoms with Crippen molar-refractivity contribution in [2.45, 2.75) is 12.8 Å². The molecule has 0 amide bonds. The van der Waals surface area contributed by atoms with Gasteiger partial charge < -0.3 is 4.74 Å². The maximum atomic E-state index is 11.6. The summed E-state index contributed by atoms with van der Waals surface area (Å²) in [5.74, 6) is -2.67. The Morgan fingerprint density at radius 2 is 2.00 bits per heavy atom. The number of ether oxygens (including phenoxy) is 1. The number of hydrogen-bond donors (Lipinski definition) is 0. The predicted octanol–water partition coefficient (Wildman–Crippen LogP) is 1.29. The van der Waals surface area contributed by atoms with Gasteiger partial charge in [0.2, 0.25) is 0 Å². The molecule has 0 N–H and O–H groups in total. The summed E-state index contributed by atoms with van der Waals surface area (Å²) in [5.41, 5.74) is 0. The molecule has 1 nitrogen and oxygen atoms in total. The van der Waals surface area contributed by atoms with E-state index in [1.807, 2.05) is 0 Å². The van der Waals surface area contributed by atoms with E-state index in [9.17, 15) is 8.78 Å². The molecule has 0 heterocycles. The molecule has 0 aliphatic rings. The van der Waals surface area contributed by atoms with Gasteiger partial charge in [-0.15, -0.1) is 0 Å². The molecule has 7 heavy (non-hydrogen) atoms. The van der Waals surface area contributed by atoms with Crippen LogP contribution in [0.3, 0.4) is 0 Å². The monoisotopic (exact) mass is 110 g/mol. The Kier molecular flexibility index (Phi) is 2.15. The molecule has 0 rings (SSSR count). The molecule has 0 aromatic rings. The molecule has 0 aliphatic carbocycles. The summed E-state index contributed by atoms with van der Waals surface area (Å²) in [7, 11) is 1.25. The minimum Gasteiger partial charge on any atom is -0.378 e. The minimum absolute atomic E-state index is 0.493. The molecule has 0 aromatic heterocycles. The first kappa shape index (κ1) is 6.82. The van der Waals surface area contributed by atoms with Crippen molar-refractivity contribution in [1.82, 2.24) is 0 Å². The summed E-state index contributed by atoms with van der Waals surface area (Å²) in [5, 5.41) is 0. The maximum Gasteiger partial charge on any atom is 0.268 e. The molecule has 0 aromatic carbocycles. The normalized spacial score (nSPS) is 12.0. The minimum atomic E-state index is -2.67. The molecule has 0 unspecified atom stereocenters. The van der Waals surface area contributed by atoms with Crippen molar-refractivity contribution in [1.29, 1.82) is 0 Å². The van der Waals surface area contributed by atoms with E-state index in [-0.39, 0.29) is 0 Å². The van der Waals surface area contributed by atoms with Crippen LogP contribution in [0.4, 0.5) is 8.78 Å².